The van der Waals surface area contributed by atoms with Crippen LogP contribution < -0.4 is 5.32 Å². The van der Waals surface area contributed by atoms with Gasteiger partial charge in [-0.15, -0.1) is 0 Å². The minimum atomic E-state index is 0.461. The van der Waals surface area contributed by atoms with E-state index in [1.807, 2.05) is 7.05 Å². The smallest absolute Gasteiger partial charge is 0.0328 e. The molecule has 0 aliphatic rings. The second-order valence-corrected chi connectivity index (χ2v) is 5.19. The van der Waals surface area contributed by atoms with Crippen molar-refractivity contribution in [3.8, 4) is 0 Å². The monoisotopic (exact) mass is 269 g/mol. The molecule has 1 unspecified atom stereocenters. The Kier molecular flexibility index (Phi) is 5.34. The zero-order chi connectivity index (χ0) is 11.3. The van der Waals surface area contributed by atoms with Crippen LogP contribution in [0.3, 0.4) is 0 Å². The van der Waals surface area contributed by atoms with E-state index in [0.717, 1.165) is 5.92 Å². The van der Waals surface area contributed by atoms with Crippen molar-refractivity contribution in [2.45, 2.75) is 32.7 Å². The Bertz CT molecular complexity index is 296. The minimum absolute atomic E-state index is 0.461. The van der Waals surface area contributed by atoms with Gasteiger partial charge in [0.25, 0.3) is 0 Å². The van der Waals surface area contributed by atoms with Crippen LogP contribution >= 0.6 is 15.9 Å². The summed E-state index contributed by atoms with van der Waals surface area (Å²) in [5, 5.41) is 3.38. The van der Waals surface area contributed by atoms with Crippen LogP contribution in [0.15, 0.2) is 28.7 Å². The molecule has 0 radical (unpaired) electrons. The molecule has 0 aliphatic carbocycles. The Morgan fingerprint density at radius 3 is 2.40 bits per heavy atom. The Labute approximate surface area is 101 Å². The molecule has 0 spiro atoms. The molecule has 0 saturated carbocycles. The lowest BCUT2D eigenvalue weighted by Crippen LogP contribution is -2.17. The second-order valence-electron chi connectivity index (χ2n) is 4.33. The van der Waals surface area contributed by atoms with Gasteiger partial charge in [-0.2, -0.15) is 0 Å². The molecule has 1 N–H and O–H groups in total. The van der Waals surface area contributed by atoms with Crippen molar-refractivity contribution in [3.05, 3.63) is 34.3 Å². The van der Waals surface area contributed by atoms with Crippen LogP contribution in [-0.2, 0) is 0 Å². The molecule has 15 heavy (non-hydrogen) atoms. The predicted molar refractivity (Wildman–Crippen MR) is 70.0 cm³/mol. The van der Waals surface area contributed by atoms with Gasteiger partial charge in [0.15, 0.2) is 0 Å². The minimum Gasteiger partial charge on any atom is -0.313 e. The summed E-state index contributed by atoms with van der Waals surface area (Å²) in [6, 6.07) is 8.91. The van der Waals surface area contributed by atoms with Crippen molar-refractivity contribution >= 4 is 15.9 Å². The first-order valence-corrected chi connectivity index (χ1v) is 6.36. The molecule has 84 valence electrons. The van der Waals surface area contributed by atoms with Gasteiger partial charge in [0, 0.05) is 10.5 Å². The van der Waals surface area contributed by atoms with Gasteiger partial charge >= 0.3 is 0 Å². The zero-order valence-electron chi connectivity index (χ0n) is 9.76. The van der Waals surface area contributed by atoms with Gasteiger partial charge < -0.3 is 5.32 Å². The van der Waals surface area contributed by atoms with Crippen molar-refractivity contribution in [3.63, 3.8) is 0 Å². The largest absolute Gasteiger partial charge is 0.313 e. The summed E-state index contributed by atoms with van der Waals surface area (Å²) in [4.78, 5) is 0. The number of hydrogen-bond donors (Lipinski definition) is 1. The molecule has 1 aromatic rings. The van der Waals surface area contributed by atoms with Crippen LogP contribution in [0, 0.1) is 5.92 Å². The van der Waals surface area contributed by atoms with E-state index in [2.05, 4.69) is 59.4 Å². The SMILES string of the molecule is CNC(CCC(C)C)c1ccccc1Br. The first-order valence-electron chi connectivity index (χ1n) is 5.56. The number of hydrogen-bond acceptors (Lipinski definition) is 1. The average Bonchev–Trinajstić information content (AvgIpc) is 2.21. The molecule has 0 aromatic heterocycles. The summed E-state index contributed by atoms with van der Waals surface area (Å²) < 4.78 is 1.20. The summed E-state index contributed by atoms with van der Waals surface area (Å²) in [5.41, 5.74) is 1.36. The third-order valence-corrected chi connectivity index (χ3v) is 3.38. The average molecular weight is 270 g/mol. The van der Waals surface area contributed by atoms with E-state index in [0.29, 0.717) is 6.04 Å². The molecule has 0 saturated heterocycles. The third-order valence-electron chi connectivity index (χ3n) is 2.66. The molecular weight excluding hydrogens is 250 g/mol. The van der Waals surface area contributed by atoms with Gasteiger partial charge in [0.1, 0.15) is 0 Å². The van der Waals surface area contributed by atoms with Crippen LogP contribution in [0.25, 0.3) is 0 Å². The van der Waals surface area contributed by atoms with E-state index < -0.39 is 0 Å². The maximum Gasteiger partial charge on any atom is 0.0328 e. The molecule has 1 nitrogen and oxygen atoms in total. The molecule has 0 fully saturated rings. The molecule has 0 amide bonds. The van der Waals surface area contributed by atoms with E-state index in [4.69, 9.17) is 0 Å². The van der Waals surface area contributed by atoms with Crippen molar-refractivity contribution in [1.29, 1.82) is 0 Å². The van der Waals surface area contributed by atoms with Gasteiger partial charge in [-0.1, -0.05) is 48.0 Å². The van der Waals surface area contributed by atoms with Crippen LogP contribution in [0.1, 0.15) is 38.3 Å². The molecule has 0 heterocycles. The van der Waals surface area contributed by atoms with Crippen LogP contribution in [-0.4, -0.2) is 7.05 Å². The first kappa shape index (κ1) is 12.7. The second kappa shape index (κ2) is 6.29. The lowest BCUT2D eigenvalue weighted by Gasteiger charge is -2.19. The Morgan fingerprint density at radius 1 is 1.20 bits per heavy atom. The van der Waals surface area contributed by atoms with Crippen molar-refractivity contribution in [1.82, 2.24) is 5.32 Å². The highest BCUT2D eigenvalue weighted by Gasteiger charge is 2.12. The summed E-state index contributed by atoms with van der Waals surface area (Å²) in [5.74, 6) is 0.767. The summed E-state index contributed by atoms with van der Waals surface area (Å²) in [7, 11) is 2.03. The molecule has 2 heteroatoms. The number of rotatable bonds is 5. The fraction of sp³-hybridized carbons (Fsp3) is 0.538. The van der Waals surface area contributed by atoms with E-state index in [9.17, 15) is 0 Å². The van der Waals surface area contributed by atoms with E-state index in [1.54, 1.807) is 0 Å². The Balaban J connectivity index is 2.70. The standard InChI is InChI=1S/C13H20BrN/c1-10(2)8-9-13(15-3)11-6-4-5-7-12(11)14/h4-7,10,13,15H,8-9H2,1-3H3. The molecule has 1 rings (SSSR count). The number of nitrogens with one attached hydrogen (secondary N) is 1. The van der Waals surface area contributed by atoms with Gasteiger partial charge in [-0.3, -0.25) is 0 Å². The molecule has 0 aliphatic heterocycles. The summed E-state index contributed by atoms with van der Waals surface area (Å²) in [6.45, 7) is 4.54. The van der Waals surface area contributed by atoms with Crippen LogP contribution in [0.2, 0.25) is 0 Å². The van der Waals surface area contributed by atoms with E-state index >= 15 is 0 Å². The number of halogens is 1. The third kappa shape index (κ3) is 3.96. The zero-order valence-corrected chi connectivity index (χ0v) is 11.3. The highest BCUT2D eigenvalue weighted by molar-refractivity contribution is 9.10. The van der Waals surface area contributed by atoms with Crippen molar-refractivity contribution in [2.24, 2.45) is 5.92 Å². The number of benzene rings is 1. The highest BCUT2D eigenvalue weighted by atomic mass is 79.9. The molecular formula is C13H20BrN. The normalized spacial score (nSPS) is 13.1. The quantitative estimate of drug-likeness (QED) is 0.847. The Morgan fingerprint density at radius 2 is 1.87 bits per heavy atom. The molecule has 0 bridgehead atoms. The van der Waals surface area contributed by atoms with E-state index in [1.165, 1.54) is 22.9 Å². The molecule has 1 atom stereocenters. The fourth-order valence-electron chi connectivity index (χ4n) is 1.71. The highest BCUT2D eigenvalue weighted by Crippen LogP contribution is 2.27. The van der Waals surface area contributed by atoms with Crippen LogP contribution in [0.5, 0.6) is 0 Å². The maximum absolute atomic E-state index is 3.60. The summed E-state index contributed by atoms with van der Waals surface area (Å²) >= 11 is 3.60. The molecule has 1 aromatic carbocycles. The predicted octanol–water partition coefficient (Wildman–Crippen LogP) is 4.15. The lowest BCUT2D eigenvalue weighted by molar-refractivity contribution is 0.464. The lowest BCUT2D eigenvalue weighted by atomic mass is 9.98. The van der Waals surface area contributed by atoms with Gasteiger partial charge in [0.05, 0.1) is 0 Å². The first-order chi connectivity index (χ1) is 7.15. The van der Waals surface area contributed by atoms with Crippen molar-refractivity contribution in [2.75, 3.05) is 7.05 Å². The fourth-order valence-corrected chi connectivity index (χ4v) is 2.27. The maximum atomic E-state index is 3.60. The van der Waals surface area contributed by atoms with Gasteiger partial charge in [-0.25, -0.2) is 0 Å². The van der Waals surface area contributed by atoms with Crippen molar-refractivity contribution < 1.29 is 0 Å². The summed E-state index contributed by atoms with van der Waals surface area (Å²) in [6.07, 6.45) is 2.45. The Hall–Kier alpha value is -0.340. The van der Waals surface area contributed by atoms with Crippen LogP contribution in [0.4, 0.5) is 0 Å². The topological polar surface area (TPSA) is 12.0 Å². The van der Waals surface area contributed by atoms with Gasteiger partial charge in [-0.05, 0) is 37.4 Å². The van der Waals surface area contributed by atoms with E-state index in [-0.39, 0.29) is 0 Å². The van der Waals surface area contributed by atoms with Gasteiger partial charge in [0.2, 0.25) is 0 Å².